The first-order chi connectivity index (χ1) is 11.0. The van der Waals surface area contributed by atoms with E-state index in [0.29, 0.717) is 16.4 Å². The fraction of sp³-hybridized carbons (Fsp3) is 0.111. The van der Waals surface area contributed by atoms with E-state index in [1.54, 1.807) is 18.2 Å². The van der Waals surface area contributed by atoms with Gasteiger partial charge >= 0.3 is 0 Å². The highest BCUT2D eigenvalue weighted by Crippen LogP contribution is 2.25. The second kappa shape index (κ2) is 6.30. The Morgan fingerprint density at radius 3 is 2.52 bits per heavy atom. The molecule has 0 aliphatic rings. The van der Waals surface area contributed by atoms with Crippen molar-refractivity contribution in [2.45, 2.75) is 13.8 Å². The fourth-order valence-corrected chi connectivity index (χ4v) is 2.85. The van der Waals surface area contributed by atoms with Crippen LogP contribution in [0.5, 0.6) is 0 Å². The van der Waals surface area contributed by atoms with Crippen molar-refractivity contribution in [2.75, 3.05) is 5.32 Å². The summed E-state index contributed by atoms with van der Waals surface area (Å²) in [7, 11) is 0. The van der Waals surface area contributed by atoms with Crippen molar-refractivity contribution in [3.05, 3.63) is 70.4 Å². The van der Waals surface area contributed by atoms with Crippen LogP contribution in [0.15, 0.2) is 47.8 Å². The molecule has 0 fully saturated rings. The van der Waals surface area contributed by atoms with Gasteiger partial charge < -0.3 is 0 Å². The van der Waals surface area contributed by atoms with Gasteiger partial charge in [-0.2, -0.15) is 0 Å². The minimum Gasteiger partial charge on any atom is -0.298 e. The maximum atomic E-state index is 13.0. The molecule has 1 amide bonds. The lowest BCUT2D eigenvalue weighted by atomic mass is 10.1. The van der Waals surface area contributed by atoms with Crippen LogP contribution >= 0.6 is 11.3 Å². The highest BCUT2D eigenvalue weighted by atomic mass is 32.1. The number of halogens is 1. The molecule has 0 spiro atoms. The molecule has 3 nitrogen and oxygen atoms in total. The zero-order valence-corrected chi connectivity index (χ0v) is 13.6. The summed E-state index contributed by atoms with van der Waals surface area (Å²) < 4.78 is 13.0. The standard InChI is InChI=1S/C18H15FN2OS/c1-11-3-4-14(9-12(11)2)17(22)21-18-20-16(10-23-18)13-5-7-15(19)8-6-13/h3-10H,1-2H3,(H,20,21,22). The topological polar surface area (TPSA) is 42.0 Å². The van der Waals surface area contributed by atoms with E-state index in [-0.39, 0.29) is 11.7 Å². The number of anilines is 1. The lowest BCUT2D eigenvalue weighted by Crippen LogP contribution is -2.12. The third kappa shape index (κ3) is 3.46. The average Bonchev–Trinajstić information content (AvgIpc) is 2.99. The Morgan fingerprint density at radius 2 is 1.83 bits per heavy atom. The van der Waals surface area contributed by atoms with Crippen molar-refractivity contribution < 1.29 is 9.18 Å². The first-order valence-electron chi connectivity index (χ1n) is 7.13. The van der Waals surface area contributed by atoms with Crippen LogP contribution in [0, 0.1) is 19.7 Å². The predicted octanol–water partition coefficient (Wildman–Crippen LogP) is 4.82. The number of thiazole rings is 1. The van der Waals surface area contributed by atoms with Crippen LogP contribution in [-0.4, -0.2) is 10.9 Å². The molecule has 0 saturated carbocycles. The second-order valence-corrected chi connectivity index (χ2v) is 6.16. The number of nitrogens with zero attached hydrogens (tertiary/aromatic N) is 1. The van der Waals surface area contributed by atoms with Gasteiger partial charge in [-0.25, -0.2) is 9.37 Å². The van der Waals surface area contributed by atoms with Crippen LogP contribution in [-0.2, 0) is 0 Å². The van der Waals surface area contributed by atoms with Gasteiger partial charge in [0.15, 0.2) is 5.13 Å². The summed E-state index contributed by atoms with van der Waals surface area (Å²) in [5.74, 6) is -0.472. The van der Waals surface area contributed by atoms with Crippen molar-refractivity contribution in [1.82, 2.24) is 4.98 Å². The molecule has 0 atom stereocenters. The van der Waals surface area contributed by atoms with Crippen LogP contribution < -0.4 is 5.32 Å². The molecule has 0 saturated heterocycles. The summed E-state index contributed by atoms with van der Waals surface area (Å²) in [6.45, 7) is 3.98. The van der Waals surface area contributed by atoms with E-state index >= 15 is 0 Å². The largest absolute Gasteiger partial charge is 0.298 e. The Hall–Kier alpha value is -2.53. The predicted molar refractivity (Wildman–Crippen MR) is 91.4 cm³/mol. The first kappa shape index (κ1) is 15.4. The quantitative estimate of drug-likeness (QED) is 0.750. The average molecular weight is 326 g/mol. The van der Waals surface area contributed by atoms with Crippen LogP contribution in [0.2, 0.25) is 0 Å². The molecule has 23 heavy (non-hydrogen) atoms. The number of carbonyl (C=O) groups is 1. The van der Waals surface area contributed by atoms with Gasteiger partial charge in [-0.15, -0.1) is 11.3 Å². The molecular formula is C18H15FN2OS. The molecule has 1 heterocycles. The summed E-state index contributed by atoms with van der Waals surface area (Å²) in [5, 5.41) is 5.16. The molecule has 3 aromatic rings. The van der Waals surface area contributed by atoms with E-state index in [4.69, 9.17) is 0 Å². The lowest BCUT2D eigenvalue weighted by molar-refractivity contribution is 0.102. The van der Waals surface area contributed by atoms with Gasteiger partial charge in [-0.3, -0.25) is 10.1 Å². The van der Waals surface area contributed by atoms with Crippen molar-refractivity contribution >= 4 is 22.4 Å². The normalized spacial score (nSPS) is 10.6. The van der Waals surface area contributed by atoms with Crippen molar-refractivity contribution in [3.8, 4) is 11.3 Å². The highest BCUT2D eigenvalue weighted by Gasteiger charge is 2.10. The van der Waals surface area contributed by atoms with Crippen LogP contribution in [0.1, 0.15) is 21.5 Å². The maximum absolute atomic E-state index is 13.0. The molecule has 0 unspecified atom stereocenters. The first-order valence-corrected chi connectivity index (χ1v) is 8.01. The number of amides is 1. The SMILES string of the molecule is Cc1ccc(C(=O)Nc2nc(-c3ccc(F)cc3)cs2)cc1C. The molecule has 0 bridgehead atoms. The zero-order chi connectivity index (χ0) is 16.4. The molecule has 0 aliphatic heterocycles. The molecule has 116 valence electrons. The molecule has 1 N–H and O–H groups in total. The van der Waals surface area contributed by atoms with Crippen LogP contribution in [0.3, 0.4) is 0 Å². The number of aryl methyl sites for hydroxylation is 2. The highest BCUT2D eigenvalue weighted by molar-refractivity contribution is 7.14. The lowest BCUT2D eigenvalue weighted by Gasteiger charge is -2.05. The second-order valence-electron chi connectivity index (χ2n) is 5.30. The maximum Gasteiger partial charge on any atom is 0.257 e. The third-order valence-electron chi connectivity index (χ3n) is 3.63. The van der Waals surface area contributed by atoms with Gasteiger partial charge in [0, 0.05) is 16.5 Å². The van der Waals surface area contributed by atoms with E-state index in [9.17, 15) is 9.18 Å². The Labute approximate surface area is 137 Å². The van der Waals surface area contributed by atoms with Crippen LogP contribution in [0.25, 0.3) is 11.3 Å². The summed E-state index contributed by atoms with van der Waals surface area (Å²) in [6.07, 6.45) is 0. The number of hydrogen-bond acceptors (Lipinski definition) is 3. The summed E-state index contributed by atoms with van der Waals surface area (Å²) in [5.41, 5.74) is 4.35. The minimum atomic E-state index is -0.285. The third-order valence-corrected chi connectivity index (χ3v) is 4.39. The van der Waals surface area contributed by atoms with Gasteiger partial charge in [0.1, 0.15) is 5.82 Å². The van der Waals surface area contributed by atoms with Gasteiger partial charge in [0.25, 0.3) is 5.91 Å². The smallest absolute Gasteiger partial charge is 0.257 e. The van der Waals surface area contributed by atoms with E-state index in [2.05, 4.69) is 10.3 Å². The van der Waals surface area contributed by atoms with Gasteiger partial charge in [-0.1, -0.05) is 6.07 Å². The fourth-order valence-electron chi connectivity index (χ4n) is 2.14. The summed E-state index contributed by atoms with van der Waals surface area (Å²) in [4.78, 5) is 16.7. The van der Waals surface area contributed by atoms with Crippen LogP contribution in [0.4, 0.5) is 9.52 Å². The van der Waals surface area contributed by atoms with E-state index in [0.717, 1.165) is 16.7 Å². The monoisotopic (exact) mass is 326 g/mol. The minimum absolute atomic E-state index is 0.187. The molecular weight excluding hydrogens is 311 g/mol. The van der Waals surface area contributed by atoms with Crippen molar-refractivity contribution in [2.24, 2.45) is 0 Å². The van der Waals surface area contributed by atoms with Gasteiger partial charge in [0.2, 0.25) is 0 Å². The Bertz CT molecular complexity index is 856. The molecule has 1 aromatic heterocycles. The Kier molecular flexibility index (Phi) is 4.21. The van der Waals surface area contributed by atoms with Crippen molar-refractivity contribution in [3.63, 3.8) is 0 Å². The van der Waals surface area contributed by atoms with E-state index in [1.165, 1.54) is 23.5 Å². The molecule has 0 aliphatic carbocycles. The molecule has 0 radical (unpaired) electrons. The van der Waals surface area contributed by atoms with Gasteiger partial charge in [0.05, 0.1) is 5.69 Å². The molecule has 5 heteroatoms. The Morgan fingerprint density at radius 1 is 1.09 bits per heavy atom. The summed E-state index contributed by atoms with van der Waals surface area (Å²) in [6, 6.07) is 11.7. The molecule has 3 rings (SSSR count). The number of carbonyl (C=O) groups excluding carboxylic acids is 1. The number of hydrogen-bond donors (Lipinski definition) is 1. The number of nitrogens with one attached hydrogen (secondary N) is 1. The number of aromatic nitrogens is 1. The van der Waals surface area contributed by atoms with E-state index in [1.807, 2.05) is 31.4 Å². The number of rotatable bonds is 3. The number of benzene rings is 2. The van der Waals surface area contributed by atoms with E-state index < -0.39 is 0 Å². The Balaban J connectivity index is 1.77. The zero-order valence-electron chi connectivity index (χ0n) is 12.8. The van der Waals surface area contributed by atoms with Gasteiger partial charge in [-0.05, 0) is 61.4 Å². The van der Waals surface area contributed by atoms with Crippen molar-refractivity contribution in [1.29, 1.82) is 0 Å². The summed E-state index contributed by atoms with van der Waals surface area (Å²) >= 11 is 1.34. The molecule has 2 aromatic carbocycles.